The lowest BCUT2D eigenvalue weighted by Gasteiger charge is -2.37. The zero-order valence-electron chi connectivity index (χ0n) is 18.8. The molecule has 11 heteroatoms. The lowest BCUT2D eigenvalue weighted by atomic mass is 10.1. The third-order valence-electron chi connectivity index (χ3n) is 5.12. The van der Waals surface area contributed by atoms with Crippen LogP contribution in [0.15, 0.2) is 12.3 Å². The zero-order valence-corrected chi connectivity index (χ0v) is 18.8. The van der Waals surface area contributed by atoms with E-state index in [0.717, 1.165) is 0 Å². The van der Waals surface area contributed by atoms with E-state index < -0.39 is 23.5 Å². The first-order valence-corrected chi connectivity index (χ1v) is 10.5. The molecular formula is C21H29N5O6. The molecule has 0 radical (unpaired) electrons. The minimum atomic E-state index is -0.784. The van der Waals surface area contributed by atoms with Crippen molar-refractivity contribution in [1.82, 2.24) is 20.5 Å². The molecule has 2 saturated heterocycles. The number of hydrogen-bond donors (Lipinski definition) is 2. The molecule has 1 unspecified atom stereocenters. The molecule has 3 rings (SSSR count). The van der Waals surface area contributed by atoms with Crippen molar-refractivity contribution in [1.29, 1.82) is 0 Å². The normalized spacial score (nSPS) is 19.3. The van der Waals surface area contributed by atoms with Gasteiger partial charge in [0.15, 0.2) is 0 Å². The second-order valence-electron chi connectivity index (χ2n) is 8.67. The van der Waals surface area contributed by atoms with Crippen LogP contribution in [0.5, 0.6) is 5.75 Å². The van der Waals surface area contributed by atoms with Gasteiger partial charge in [0.25, 0.3) is 5.91 Å². The second kappa shape index (κ2) is 9.41. The first kappa shape index (κ1) is 23.3. The number of piperidine rings is 1. The van der Waals surface area contributed by atoms with Crippen LogP contribution in [0.2, 0.25) is 0 Å². The number of methoxy groups -OCH3 is 1. The van der Waals surface area contributed by atoms with Crippen molar-refractivity contribution in [3.8, 4) is 5.75 Å². The summed E-state index contributed by atoms with van der Waals surface area (Å²) >= 11 is 0. The second-order valence-corrected chi connectivity index (χ2v) is 8.67. The molecule has 0 aromatic carbocycles. The maximum absolute atomic E-state index is 12.6. The first-order valence-electron chi connectivity index (χ1n) is 10.5. The van der Waals surface area contributed by atoms with Gasteiger partial charge in [-0.15, -0.1) is 0 Å². The SMILES string of the molecule is COc1cc(C(=O)NC2CCC(=O)NC2=O)ncc1N1CCN(C(=O)OC(C)(C)C)CC1. The number of anilines is 1. The molecule has 2 fully saturated rings. The van der Waals surface area contributed by atoms with Gasteiger partial charge >= 0.3 is 6.09 Å². The number of aromatic nitrogens is 1. The molecule has 0 spiro atoms. The van der Waals surface area contributed by atoms with Gasteiger partial charge < -0.3 is 24.6 Å². The molecule has 0 saturated carbocycles. The number of nitrogens with zero attached hydrogens (tertiary/aromatic N) is 3. The van der Waals surface area contributed by atoms with Gasteiger partial charge in [-0.25, -0.2) is 9.78 Å². The molecule has 11 nitrogen and oxygen atoms in total. The average Bonchev–Trinajstić information content (AvgIpc) is 2.74. The van der Waals surface area contributed by atoms with Gasteiger partial charge in [-0.3, -0.25) is 19.7 Å². The highest BCUT2D eigenvalue weighted by atomic mass is 16.6. The van der Waals surface area contributed by atoms with Crippen LogP contribution in [0.3, 0.4) is 0 Å². The van der Waals surface area contributed by atoms with Gasteiger partial charge in [0.05, 0.1) is 19.0 Å². The molecule has 2 aliphatic rings. The van der Waals surface area contributed by atoms with Crippen LogP contribution in [0.4, 0.5) is 10.5 Å². The Morgan fingerprint density at radius 1 is 1.19 bits per heavy atom. The van der Waals surface area contributed by atoms with E-state index >= 15 is 0 Å². The van der Waals surface area contributed by atoms with Gasteiger partial charge in [0.2, 0.25) is 11.8 Å². The number of imide groups is 1. The third-order valence-corrected chi connectivity index (χ3v) is 5.12. The number of carbonyl (C=O) groups excluding carboxylic acids is 4. The monoisotopic (exact) mass is 447 g/mol. The van der Waals surface area contributed by atoms with E-state index in [1.807, 2.05) is 25.7 Å². The molecule has 1 aromatic heterocycles. The minimum absolute atomic E-state index is 0.0997. The number of amides is 4. The summed E-state index contributed by atoms with van der Waals surface area (Å²) in [4.78, 5) is 55.9. The van der Waals surface area contributed by atoms with Gasteiger partial charge in [-0.05, 0) is 27.2 Å². The van der Waals surface area contributed by atoms with Crippen molar-refractivity contribution in [2.45, 2.75) is 45.3 Å². The Bertz CT molecular complexity index is 904. The number of ether oxygens (including phenoxy) is 2. The zero-order chi connectivity index (χ0) is 23.5. The summed E-state index contributed by atoms with van der Waals surface area (Å²) in [7, 11) is 1.50. The molecule has 2 N–H and O–H groups in total. The van der Waals surface area contributed by atoms with Crippen molar-refractivity contribution in [3.05, 3.63) is 18.0 Å². The number of piperazine rings is 1. The molecule has 32 heavy (non-hydrogen) atoms. The van der Waals surface area contributed by atoms with E-state index in [2.05, 4.69) is 15.6 Å². The van der Waals surface area contributed by atoms with Crippen LogP contribution in [0, 0.1) is 0 Å². The number of carbonyl (C=O) groups is 4. The van der Waals surface area contributed by atoms with Crippen molar-refractivity contribution in [2.24, 2.45) is 0 Å². The fourth-order valence-electron chi connectivity index (χ4n) is 3.47. The lowest BCUT2D eigenvalue weighted by Crippen LogP contribution is -2.52. The Morgan fingerprint density at radius 2 is 1.88 bits per heavy atom. The summed E-state index contributed by atoms with van der Waals surface area (Å²) in [5.74, 6) is -0.948. The summed E-state index contributed by atoms with van der Waals surface area (Å²) < 4.78 is 10.9. The van der Waals surface area contributed by atoms with E-state index in [9.17, 15) is 19.2 Å². The summed E-state index contributed by atoms with van der Waals surface area (Å²) in [6.07, 6.45) is 1.61. The van der Waals surface area contributed by atoms with Crippen LogP contribution in [0.1, 0.15) is 44.1 Å². The molecule has 1 aromatic rings. The Kier molecular flexibility index (Phi) is 6.85. The molecular weight excluding hydrogens is 418 g/mol. The fraction of sp³-hybridized carbons (Fsp3) is 0.571. The maximum Gasteiger partial charge on any atom is 0.410 e. The average molecular weight is 447 g/mol. The summed E-state index contributed by atoms with van der Waals surface area (Å²) in [6.45, 7) is 7.56. The summed E-state index contributed by atoms with van der Waals surface area (Å²) in [5.41, 5.74) is 0.252. The first-order chi connectivity index (χ1) is 15.1. The fourth-order valence-corrected chi connectivity index (χ4v) is 3.47. The number of rotatable bonds is 4. The van der Waals surface area contributed by atoms with Crippen LogP contribution in [-0.4, -0.2) is 78.6 Å². The van der Waals surface area contributed by atoms with Crippen molar-refractivity contribution < 1.29 is 28.7 Å². The Labute approximate surface area is 186 Å². The van der Waals surface area contributed by atoms with E-state index in [4.69, 9.17) is 9.47 Å². The molecule has 2 aliphatic heterocycles. The summed E-state index contributed by atoms with van der Waals surface area (Å²) in [5, 5.41) is 4.80. The molecule has 174 valence electrons. The predicted octanol–water partition coefficient (Wildman–Crippen LogP) is 0.682. The Hall–Kier alpha value is -3.37. The van der Waals surface area contributed by atoms with E-state index in [-0.39, 0.29) is 30.5 Å². The Balaban J connectivity index is 1.63. The maximum atomic E-state index is 12.6. The van der Waals surface area contributed by atoms with Gasteiger partial charge in [0.1, 0.15) is 23.1 Å². The summed E-state index contributed by atoms with van der Waals surface area (Å²) in [6, 6.07) is 0.727. The van der Waals surface area contributed by atoms with Crippen molar-refractivity contribution >= 4 is 29.5 Å². The highest BCUT2D eigenvalue weighted by Gasteiger charge is 2.30. The number of nitrogens with one attached hydrogen (secondary N) is 2. The van der Waals surface area contributed by atoms with E-state index in [1.54, 1.807) is 11.1 Å². The third kappa shape index (κ3) is 5.65. The van der Waals surface area contributed by atoms with Gasteiger partial charge in [-0.2, -0.15) is 0 Å². The van der Waals surface area contributed by atoms with Crippen molar-refractivity contribution in [2.75, 3.05) is 38.2 Å². The minimum Gasteiger partial charge on any atom is -0.494 e. The van der Waals surface area contributed by atoms with Crippen LogP contribution in [0.25, 0.3) is 0 Å². The number of pyridine rings is 1. The smallest absolute Gasteiger partial charge is 0.410 e. The van der Waals surface area contributed by atoms with E-state index in [1.165, 1.54) is 13.2 Å². The van der Waals surface area contributed by atoms with Crippen LogP contribution < -0.4 is 20.3 Å². The number of hydrogen-bond acceptors (Lipinski definition) is 8. The molecule has 4 amide bonds. The highest BCUT2D eigenvalue weighted by molar-refractivity contribution is 6.03. The molecule has 0 aliphatic carbocycles. The topological polar surface area (TPSA) is 130 Å². The quantitative estimate of drug-likeness (QED) is 0.645. The molecule has 3 heterocycles. The largest absolute Gasteiger partial charge is 0.494 e. The van der Waals surface area contributed by atoms with Gasteiger partial charge in [-0.1, -0.05) is 0 Å². The van der Waals surface area contributed by atoms with Crippen LogP contribution in [-0.2, 0) is 14.3 Å². The highest BCUT2D eigenvalue weighted by Crippen LogP contribution is 2.29. The Morgan fingerprint density at radius 3 is 2.47 bits per heavy atom. The predicted molar refractivity (Wildman–Crippen MR) is 114 cm³/mol. The van der Waals surface area contributed by atoms with Crippen molar-refractivity contribution in [3.63, 3.8) is 0 Å². The van der Waals surface area contributed by atoms with E-state index in [0.29, 0.717) is 37.6 Å². The standard InChI is InChI=1S/C21H29N5O6/c1-21(2,3)32-20(30)26-9-7-25(8-10-26)15-12-22-14(11-16(15)31-4)19(29)23-13-5-6-17(27)24-18(13)28/h11-13H,5-10H2,1-4H3,(H,23,29)(H,24,27,28). The van der Waals surface area contributed by atoms with Gasteiger partial charge in [0, 0.05) is 38.7 Å². The van der Waals surface area contributed by atoms with Crippen LogP contribution >= 0.6 is 0 Å². The lowest BCUT2D eigenvalue weighted by molar-refractivity contribution is -0.134. The molecule has 0 bridgehead atoms. The molecule has 1 atom stereocenters.